The molecule has 1 heterocycles. The normalized spacial score (nSPS) is 10.7. The summed E-state index contributed by atoms with van der Waals surface area (Å²) in [4.78, 5) is 12.3. The van der Waals surface area contributed by atoms with E-state index in [4.69, 9.17) is 17.0 Å². The third kappa shape index (κ3) is 4.64. The number of H-pyrrole nitrogens is 1. The Kier molecular flexibility index (Phi) is 6.20. The van der Waals surface area contributed by atoms with Gasteiger partial charge in [-0.05, 0) is 74.1 Å². The molecule has 0 aliphatic rings. The van der Waals surface area contributed by atoms with Gasteiger partial charge in [-0.25, -0.2) is 4.39 Å². The average Bonchev–Trinajstić information content (AvgIpc) is 3.04. The number of nitrogens with one attached hydrogen (secondary N) is 2. The molecule has 3 aromatic rings. The Morgan fingerprint density at radius 1 is 1.29 bits per heavy atom. The number of carbonyl (C=O) groups excluding carboxylic acids is 1. The van der Waals surface area contributed by atoms with Crippen molar-refractivity contribution in [1.82, 2.24) is 14.8 Å². The first-order chi connectivity index (χ1) is 13.5. The van der Waals surface area contributed by atoms with Gasteiger partial charge in [-0.15, -0.1) is 0 Å². The van der Waals surface area contributed by atoms with Gasteiger partial charge in [0, 0.05) is 24.2 Å². The van der Waals surface area contributed by atoms with Crippen molar-refractivity contribution in [1.29, 1.82) is 0 Å². The van der Waals surface area contributed by atoms with Gasteiger partial charge in [0.15, 0.2) is 10.6 Å². The van der Waals surface area contributed by atoms with E-state index in [1.807, 2.05) is 31.2 Å². The molecule has 146 valence electrons. The summed E-state index contributed by atoms with van der Waals surface area (Å²) in [6.45, 7) is 4.64. The molecule has 0 saturated carbocycles. The zero-order valence-electron chi connectivity index (χ0n) is 15.7. The number of rotatable bonds is 7. The molecule has 0 spiro atoms. The highest BCUT2D eigenvalue weighted by Gasteiger charge is 2.12. The highest BCUT2D eigenvalue weighted by molar-refractivity contribution is 7.71. The number of aryl methyl sites for hydroxylation is 1. The van der Waals surface area contributed by atoms with Crippen molar-refractivity contribution >= 4 is 23.8 Å². The fraction of sp³-hybridized carbons (Fsp3) is 0.250. The van der Waals surface area contributed by atoms with E-state index in [0.29, 0.717) is 35.0 Å². The molecule has 0 saturated heterocycles. The number of amides is 1. The molecule has 0 aliphatic carbocycles. The number of benzene rings is 2. The average molecular weight is 400 g/mol. The lowest BCUT2D eigenvalue weighted by atomic mass is 10.2. The van der Waals surface area contributed by atoms with Crippen LogP contribution < -0.4 is 10.1 Å². The van der Waals surface area contributed by atoms with Gasteiger partial charge in [-0.3, -0.25) is 14.5 Å². The van der Waals surface area contributed by atoms with Crippen molar-refractivity contribution in [2.45, 2.75) is 26.8 Å². The quantitative estimate of drug-likeness (QED) is 0.574. The van der Waals surface area contributed by atoms with Crippen LogP contribution in [0.15, 0.2) is 42.5 Å². The van der Waals surface area contributed by atoms with Crippen LogP contribution in [0.4, 0.5) is 10.1 Å². The van der Waals surface area contributed by atoms with Crippen LogP contribution in [0.1, 0.15) is 18.9 Å². The first-order valence-corrected chi connectivity index (χ1v) is 9.33. The second-order valence-corrected chi connectivity index (χ2v) is 6.61. The summed E-state index contributed by atoms with van der Waals surface area (Å²) in [6.07, 6.45) is 0.203. The Balaban J connectivity index is 1.70. The summed E-state index contributed by atoms with van der Waals surface area (Å²) in [7, 11) is 0. The van der Waals surface area contributed by atoms with Crippen molar-refractivity contribution in [2.24, 2.45) is 0 Å². The number of aromatic amines is 1. The largest absolute Gasteiger partial charge is 0.494 e. The molecule has 28 heavy (non-hydrogen) atoms. The summed E-state index contributed by atoms with van der Waals surface area (Å²) in [5.41, 5.74) is 2.13. The summed E-state index contributed by atoms with van der Waals surface area (Å²) < 4.78 is 20.9. The molecule has 1 aromatic heterocycles. The topological polar surface area (TPSA) is 71.9 Å². The number of hydrogen-bond acceptors (Lipinski definition) is 4. The molecule has 2 N–H and O–H groups in total. The van der Waals surface area contributed by atoms with E-state index in [1.54, 1.807) is 17.6 Å². The predicted octanol–water partition coefficient (Wildman–Crippen LogP) is 4.48. The summed E-state index contributed by atoms with van der Waals surface area (Å²) >= 11 is 5.30. The van der Waals surface area contributed by atoms with Gasteiger partial charge in [0.2, 0.25) is 5.91 Å². The summed E-state index contributed by atoms with van der Waals surface area (Å²) in [6, 6.07) is 11.8. The van der Waals surface area contributed by atoms with E-state index >= 15 is 0 Å². The van der Waals surface area contributed by atoms with E-state index in [0.717, 1.165) is 11.3 Å². The molecule has 2 aromatic carbocycles. The van der Waals surface area contributed by atoms with Gasteiger partial charge in [0.25, 0.3) is 0 Å². The van der Waals surface area contributed by atoms with Crippen LogP contribution in [-0.4, -0.2) is 27.3 Å². The van der Waals surface area contributed by atoms with E-state index in [2.05, 4.69) is 15.5 Å². The third-order valence-corrected chi connectivity index (χ3v) is 4.52. The van der Waals surface area contributed by atoms with Gasteiger partial charge in [-0.2, -0.15) is 5.10 Å². The minimum absolute atomic E-state index is 0.185. The number of carbonyl (C=O) groups is 1. The molecule has 3 rings (SSSR count). The number of anilines is 1. The predicted molar refractivity (Wildman–Crippen MR) is 108 cm³/mol. The molecule has 0 unspecified atom stereocenters. The molecule has 6 nitrogen and oxygen atoms in total. The van der Waals surface area contributed by atoms with Crippen LogP contribution in [0.25, 0.3) is 11.4 Å². The fourth-order valence-corrected chi connectivity index (χ4v) is 3.03. The van der Waals surface area contributed by atoms with Gasteiger partial charge in [0.1, 0.15) is 11.6 Å². The van der Waals surface area contributed by atoms with E-state index < -0.39 is 0 Å². The molecule has 0 atom stereocenters. The van der Waals surface area contributed by atoms with Gasteiger partial charge in [0.05, 0.1) is 6.61 Å². The van der Waals surface area contributed by atoms with Gasteiger partial charge < -0.3 is 10.1 Å². The van der Waals surface area contributed by atoms with E-state index in [9.17, 15) is 9.18 Å². The Bertz CT molecular complexity index is 1030. The maximum absolute atomic E-state index is 13.2. The van der Waals surface area contributed by atoms with Crippen LogP contribution in [-0.2, 0) is 11.3 Å². The fourth-order valence-electron chi connectivity index (χ4n) is 2.81. The smallest absolute Gasteiger partial charge is 0.226 e. The number of halogens is 1. The Morgan fingerprint density at radius 2 is 2.04 bits per heavy atom. The SMILES string of the molecule is CCOc1ccc(-c2n[nH]c(=S)n2CCC(=O)Nc2ccc(F)cc2C)cc1. The Hall–Kier alpha value is -3.00. The molecular weight excluding hydrogens is 379 g/mol. The van der Waals surface area contributed by atoms with Crippen molar-refractivity contribution in [3.8, 4) is 17.1 Å². The molecule has 0 aliphatic heterocycles. The number of aromatic nitrogens is 3. The van der Waals surface area contributed by atoms with Crippen molar-refractivity contribution in [2.75, 3.05) is 11.9 Å². The second-order valence-electron chi connectivity index (χ2n) is 6.22. The van der Waals surface area contributed by atoms with Crippen molar-refractivity contribution in [3.05, 3.63) is 58.6 Å². The first kappa shape index (κ1) is 19.8. The third-order valence-electron chi connectivity index (χ3n) is 4.21. The monoisotopic (exact) mass is 400 g/mol. The van der Waals surface area contributed by atoms with Crippen LogP contribution in [0, 0.1) is 17.5 Å². The number of ether oxygens (including phenoxy) is 1. The molecule has 0 bridgehead atoms. The van der Waals surface area contributed by atoms with Crippen molar-refractivity contribution < 1.29 is 13.9 Å². The van der Waals surface area contributed by atoms with Crippen LogP contribution in [0.2, 0.25) is 0 Å². The van der Waals surface area contributed by atoms with Crippen LogP contribution in [0.3, 0.4) is 0 Å². The maximum atomic E-state index is 13.2. The lowest BCUT2D eigenvalue weighted by Gasteiger charge is -2.10. The van der Waals surface area contributed by atoms with Gasteiger partial charge >= 0.3 is 0 Å². The van der Waals surface area contributed by atoms with Gasteiger partial charge in [-0.1, -0.05) is 0 Å². The number of nitrogens with zero attached hydrogens (tertiary/aromatic N) is 2. The lowest BCUT2D eigenvalue weighted by molar-refractivity contribution is -0.116. The maximum Gasteiger partial charge on any atom is 0.226 e. The first-order valence-electron chi connectivity index (χ1n) is 8.92. The minimum atomic E-state index is -0.333. The number of hydrogen-bond donors (Lipinski definition) is 2. The van der Waals surface area contributed by atoms with Crippen LogP contribution in [0.5, 0.6) is 5.75 Å². The Morgan fingerprint density at radius 3 is 2.71 bits per heavy atom. The lowest BCUT2D eigenvalue weighted by Crippen LogP contribution is -2.15. The molecule has 1 amide bonds. The Labute approximate surface area is 167 Å². The molecule has 0 radical (unpaired) electrons. The molecule has 0 fully saturated rings. The standard InChI is InChI=1S/C20H21FN4O2S/c1-3-27-16-7-4-14(5-8-16)19-23-24-20(28)25(19)11-10-18(26)22-17-9-6-15(21)12-13(17)2/h4-9,12H,3,10-11H2,1-2H3,(H,22,26)(H,24,28). The van der Waals surface area contributed by atoms with Crippen molar-refractivity contribution in [3.63, 3.8) is 0 Å². The summed E-state index contributed by atoms with van der Waals surface area (Å²) in [5.74, 6) is 0.912. The zero-order valence-corrected chi connectivity index (χ0v) is 16.5. The second kappa shape index (κ2) is 8.79. The summed E-state index contributed by atoms with van der Waals surface area (Å²) in [5, 5.41) is 9.85. The highest BCUT2D eigenvalue weighted by Crippen LogP contribution is 2.22. The zero-order chi connectivity index (χ0) is 20.1. The van der Waals surface area contributed by atoms with E-state index in [-0.39, 0.29) is 18.1 Å². The van der Waals surface area contributed by atoms with Crippen LogP contribution >= 0.6 is 12.2 Å². The molecule has 8 heteroatoms. The molecular formula is C20H21FN4O2S. The van der Waals surface area contributed by atoms with E-state index in [1.165, 1.54) is 12.1 Å². The minimum Gasteiger partial charge on any atom is -0.494 e. The highest BCUT2D eigenvalue weighted by atomic mass is 32.1.